The molecule has 0 amide bonds. The average Bonchev–Trinajstić information content (AvgIpc) is 3.42. The lowest BCUT2D eigenvalue weighted by Gasteiger charge is -2.36. The zero-order valence-corrected chi connectivity index (χ0v) is 27.5. The number of fused-ring (bicyclic) bond motifs is 1. The number of esters is 1. The van der Waals surface area contributed by atoms with Crippen molar-refractivity contribution >= 4 is 38.5 Å². The topological polar surface area (TPSA) is 77.4 Å². The number of halogens is 3. The second kappa shape index (κ2) is 12.0. The molecular formula is C38H29ClF2N2O4S. The van der Waals surface area contributed by atoms with Gasteiger partial charge in [0.25, 0.3) is 10.0 Å². The van der Waals surface area contributed by atoms with Crippen molar-refractivity contribution in [2.45, 2.75) is 17.5 Å². The average molecular weight is 683 g/mol. The standard InChI is InChI=1S/C38H29ClF2N2O4S/c1-23-10-14-28(15-11-23)48(45,46)43-34-17-13-27(40)20-31(34)35(30-8-3-4-9-32(30)38(41)21-42-22-38)36(43)25-7-5-6-24(18-25)29-16-12-26(19-33(29)39)37(44)47-2/h3-20,42H,21-22H2,1-2H3. The number of benzene rings is 5. The molecule has 48 heavy (non-hydrogen) atoms. The van der Waals surface area contributed by atoms with Gasteiger partial charge in [-0.1, -0.05) is 77.8 Å². The molecule has 0 unspecified atom stereocenters. The smallest absolute Gasteiger partial charge is 0.337 e. The third kappa shape index (κ3) is 5.28. The molecule has 7 rings (SSSR count). The summed E-state index contributed by atoms with van der Waals surface area (Å²) in [6, 6.07) is 29.3. The van der Waals surface area contributed by atoms with Gasteiger partial charge in [0.1, 0.15) is 5.82 Å². The number of hydrogen-bond donors (Lipinski definition) is 1. The highest BCUT2D eigenvalue weighted by atomic mass is 35.5. The first-order valence-corrected chi connectivity index (χ1v) is 17.0. The monoisotopic (exact) mass is 682 g/mol. The van der Waals surface area contributed by atoms with Crippen LogP contribution in [0.15, 0.2) is 114 Å². The molecule has 0 spiro atoms. The molecule has 6 nitrogen and oxygen atoms in total. The van der Waals surface area contributed by atoms with Crippen molar-refractivity contribution in [3.8, 4) is 33.5 Å². The number of hydrogen-bond acceptors (Lipinski definition) is 5. The zero-order chi connectivity index (χ0) is 33.8. The fourth-order valence-electron chi connectivity index (χ4n) is 6.29. The molecule has 5 aromatic carbocycles. The SMILES string of the molecule is COC(=O)c1ccc(-c2cccc(-c3c(-c4ccccc4C4(F)CNC4)c4cc(F)ccc4n3S(=O)(=O)c3ccc(C)cc3)c2)c(Cl)c1. The number of nitrogens with zero attached hydrogens (tertiary/aromatic N) is 1. The Bertz CT molecular complexity index is 2350. The molecule has 2 heterocycles. The lowest BCUT2D eigenvalue weighted by atomic mass is 9.83. The van der Waals surface area contributed by atoms with Crippen LogP contribution in [-0.4, -0.2) is 38.6 Å². The summed E-state index contributed by atoms with van der Waals surface area (Å²) in [6.45, 7) is 2.04. The first-order valence-electron chi connectivity index (χ1n) is 15.2. The molecule has 1 aromatic heterocycles. The van der Waals surface area contributed by atoms with E-state index in [1.807, 2.05) is 13.0 Å². The van der Waals surface area contributed by atoms with Crippen molar-refractivity contribution in [3.05, 3.63) is 137 Å². The molecule has 0 radical (unpaired) electrons. The number of rotatable bonds is 7. The van der Waals surface area contributed by atoms with Crippen LogP contribution >= 0.6 is 11.6 Å². The Balaban J connectivity index is 1.57. The third-order valence-corrected chi connectivity index (χ3v) is 10.8. The molecule has 0 saturated carbocycles. The lowest BCUT2D eigenvalue weighted by Crippen LogP contribution is -2.53. The van der Waals surface area contributed by atoms with E-state index in [-0.39, 0.29) is 39.8 Å². The van der Waals surface area contributed by atoms with Crippen LogP contribution in [0.2, 0.25) is 5.02 Å². The fraction of sp³-hybridized carbons (Fsp3) is 0.132. The maximum atomic E-state index is 16.3. The summed E-state index contributed by atoms with van der Waals surface area (Å²) in [6.07, 6.45) is 0. The highest BCUT2D eigenvalue weighted by Crippen LogP contribution is 2.48. The van der Waals surface area contributed by atoms with Gasteiger partial charge in [0.2, 0.25) is 0 Å². The van der Waals surface area contributed by atoms with E-state index in [1.165, 1.54) is 47.5 Å². The summed E-state index contributed by atoms with van der Waals surface area (Å²) in [5, 5.41) is 3.59. The minimum absolute atomic E-state index is 0.0400. The van der Waals surface area contributed by atoms with E-state index < -0.39 is 27.5 Å². The van der Waals surface area contributed by atoms with Crippen LogP contribution in [0.1, 0.15) is 21.5 Å². The number of aryl methyl sites for hydroxylation is 1. The first-order chi connectivity index (χ1) is 23.0. The molecular weight excluding hydrogens is 654 g/mol. The third-order valence-electron chi connectivity index (χ3n) is 8.77. The van der Waals surface area contributed by atoms with Crippen LogP contribution in [0, 0.1) is 12.7 Å². The molecule has 0 bridgehead atoms. The van der Waals surface area contributed by atoms with Gasteiger partial charge in [-0.3, -0.25) is 0 Å². The van der Waals surface area contributed by atoms with Gasteiger partial charge in [0.15, 0.2) is 5.67 Å². The summed E-state index contributed by atoms with van der Waals surface area (Å²) in [5.41, 5.74) is 2.83. The second-order valence-corrected chi connectivity index (χ2v) is 14.0. The number of methoxy groups -OCH3 is 1. The van der Waals surface area contributed by atoms with Crippen molar-refractivity contribution < 1.29 is 26.7 Å². The Morgan fingerprint density at radius 2 is 1.60 bits per heavy atom. The van der Waals surface area contributed by atoms with Crippen LogP contribution in [0.3, 0.4) is 0 Å². The molecule has 1 aliphatic rings. The molecule has 0 aliphatic carbocycles. The second-order valence-electron chi connectivity index (χ2n) is 11.8. The van der Waals surface area contributed by atoms with Crippen molar-refractivity contribution in [1.82, 2.24) is 9.29 Å². The number of ether oxygens (including phenoxy) is 1. The van der Waals surface area contributed by atoms with Crippen molar-refractivity contribution in [2.24, 2.45) is 0 Å². The largest absolute Gasteiger partial charge is 0.465 e. The van der Waals surface area contributed by atoms with E-state index in [2.05, 4.69) is 5.32 Å². The fourth-order valence-corrected chi connectivity index (χ4v) is 8.13. The van der Waals surface area contributed by atoms with Crippen molar-refractivity contribution in [2.75, 3.05) is 20.2 Å². The van der Waals surface area contributed by atoms with Crippen LogP contribution in [0.25, 0.3) is 44.4 Å². The maximum Gasteiger partial charge on any atom is 0.337 e. The van der Waals surface area contributed by atoms with Crippen LogP contribution in [0.5, 0.6) is 0 Å². The van der Waals surface area contributed by atoms with E-state index in [1.54, 1.807) is 66.7 Å². The Hall–Kier alpha value is -4.83. The highest BCUT2D eigenvalue weighted by molar-refractivity contribution is 7.90. The van der Waals surface area contributed by atoms with Gasteiger partial charge in [0.05, 0.1) is 28.8 Å². The number of carbonyl (C=O) groups excluding carboxylic acids is 1. The Kier molecular flexibility index (Phi) is 7.94. The van der Waals surface area contributed by atoms with Gasteiger partial charge in [-0.05, 0) is 72.1 Å². The van der Waals surface area contributed by atoms with Gasteiger partial charge in [0, 0.05) is 40.2 Å². The van der Waals surface area contributed by atoms with E-state index in [0.29, 0.717) is 38.8 Å². The highest BCUT2D eigenvalue weighted by Gasteiger charge is 2.41. The number of alkyl halides is 1. The normalized spacial score (nSPS) is 14.1. The molecule has 1 saturated heterocycles. The predicted octanol–water partition coefficient (Wildman–Crippen LogP) is 8.53. The Morgan fingerprint density at radius 3 is 2.29 bits per heavy atom. The van der Waals surface area contributed by atoms with Crippen LogP contribution in [-0.2, 0) is 20.4 Å². The Morgan fingerprint density at radius 1 is 0.875 bits per heavy atom. The molecule has 1 fully saturated rings. The predicted molar refractivity (Wildman–Crippen MR) is 184 cm³/mol. The molecule has 0 atom stereocenters. The summed E-state index contributed by atoms with van der Waals surface area (Å²) >= 11 is 6.66. The minimum atomic E-state index is -4.29. The van der Waals surface area contributed by atoms with E-state index in [4.69, 9.17) is 16.3 Å². The summed E-state index contributed by atoms with van der Waals surface area (Å²) in [4.78, 5) is 12.2. The molecule has 1 aliphatic heterocycles. The minimum Gasteiger partial charge on any atom is -0.465 e. The summed E-state index contributed by atoms with van der Waals surface area (Å²) in [7, 11) is -3.01. The van der Waals surface area contributed by atoms with Gasteiger partial charge < -0.3 is 10.1 Å². The van der Waals surface area contributed by atoms with E-state index >= 15 is 8.78 Å². The van der Waals surface area contributed by atoms with E-state index in [9.17, 15) is 13.2 Å². The molecule has 10 heteroatoms. The maximum absolute atomic E-state index is 16.3. The van der Waals surface area contributed by atoms with E-state index in [0.717, 1.165) is 5.56 Å². The first kappa shape index (κ1) is 31.8. The van der Waals surface area contributed by atoms with Crippen molar-refractivity contribution in [1.29, 1.82) is 0 Å². The zero-order valence-electron chi connectivity index (χ0n) is 25.9. The molecule has 1 N–H and O–H groups in total. The molecule has 6 aromatic rings. The van der Waals surface area contributed by atoms with Gasteiger partial charge in [-0.15, -0.1) is 0 Å². The number of carbonyl (C=O) groups is 1. The van der Waals surface area contributed by atoms with Gasteiger partial charge >= 0.3 is 5.97 Å². The van der Waals surface area contributed by atoms with Crippen molar-refractivity contribution in [3.63, 3.8) is 0 Å². The van der Waals surface area contributed by atoms with Gasteiger partial charge in [-0.25, -0.2) is 26.0 Å². The van der Waals surface area contributed by atoms with Gasteiger partial charge in [-0.2, -0.15) is 0 Å². The lowest BCUT2D eigenvalue weighted by molar-refractivity contribution is 0.0600. The number of nitrogens with one attached hydrogen (secondary N) is 1. The Labute approximate surface area is 281 Å². The summed E-state index contributed by atoms with van der Waals surface area (Å²) in [5.74, 6) is -1.10. The van der Waals surface area contributed by atoms with Crippen LogP contribution in [0.4, 0.5) is 8.78 Å². The van der Waals surface area contributed by atoms with Crippen LogP contribution < -0.4 is 5.32 Å². The quantitative estimate of drug-likeness (QED) is 0.171. The summed E-state index contributed by atoms with van der Waals surface area (Å²) < 4.78 is 66.8. The molecule has 242 valence electrons. The number of aromatic nitrogens is 1.